The van der Waals surface area contributed by atoms with Gasteiger partial charge in [0.2, 0.25) is 11.8 Å². The maximum Gasteiger partial charge on any atom is 0.306 e. The van der Waals surface area contributed by atoms with E-state index in [1.165, 1.54) is 12.2 Å². The zero-order valence-corrected chi connectivity index (χ0v) is 41.4. The Morgan fingerprint density at radius 1 is 0.955 bits per heavy atom. The molecule has 5 amide bonds. The number of Topliss-reactive ketones (excluding diaryl/α,β-unsaturated/α-hetero) is 2. The van der Waals surface area contributed by atoms with E-state index in [1.807, 2.05) is 53.8 Å². The maximum absolute atomic E-state index is 14.2. The van der Waals surface area contributed by atoms with Crippen molar-refractivity contribution in [2.24, 2.45) is 23.7 Å². The van der Waals surface area contributed by atoms with Crippen molar-refractivity contribution in [2.45, 2.75) is 142 Å². The molecule has 1 aromatic heterocycles. The number of benzene rings is 1. The number of nitrogens with one attached hydrogen (secondary N) is 2. The lowest BCUT2D eigenvalue weighted by atomic mass is 9.80. The van der Waals surface area contributed by atoms with Crippen molar-refractivity contribution in [3.63, 3.8) is 0 Å². The highest BCUT2D eigenvalue weighted by molar-refractivity contribution is 7.09. The molecule has 0 radical (unpaired) electrons. The number of rotatable bonds is 28. The Morgan fingerprint density at radius 2 is 1.61 bits per heavy atom. The van der Waals surface area contributed by atoms with E-state index in [4.69, 9.17) is 0 Å². The van der Waals surface area contributed by atoms with Crippen LogP contribution in [0.4, 0.5) is 0 Å². The number of hydrogen-bond donors (Lipinski definition) is 4. The van der Waals surface area contributed by atoms with Crippen molar-refractivity contribution in [3.8, 4) is 0 Å². The summed E-state index contributed by atoms with van der Waals surface area (Å²) < 4.78 is 0. The van der Waals surface area contributed by atoms with Crippen LogP contribution in [0.1, 0.15) is 138 Å². The van der Waals surface area contributed by atoms with Gasteiger partial charge in [0, 0.05) is 74.8 Å². The Hall–Kier alpha value is -5.13. The van der Waals surface area contributed by atoms with Gasteiger partial charge in [-0.05, 0) is 82.0 Å². The highest BCUT2D eigenvalue weighted by atomic mass is 32.1. The normalized spacial score (nSPS) is 18.9. The predicted octanol–water partition coefficient (Wildman–Crippen LogP) is 5.32. The van der Waals surface area contributed by atoms with Crippen LogP contribution in [0, 0.1) is 23.7 Å². The SMILES string of the molecule is CC[C@H](C)[C@H](CC(=O)[C@@]1(C)CCCN1C)C(=O)N(C)[C@H](C[C@@H](O)c1nc(C(=O)N[C@@H](Cc2ccc(CC(=O)CNC(=O)CCCCCN3C(=O)C=CC3=O)cc2)C[C@H](C)C(=O)O)cs1)C(C)C. The molecule has 1 fully saturated rings. The third-order valence-corrected chi connectivity index (χ3v) is 14.7. The second-order valence-electron chi connectivity index (χ2n) is 19.1. The molecule has 2 aliphatic rings. The summed E-state index contributed by atoms with van der Waals surface area (Å²) in [5.74, 6) is -4.04. The summed E-state index contributed by atoms with van der Waals surface area (Å²) in [5, 5.41) is 28.6. The van der Waals surface area contributed by atoms with Crippen molar-refractivity contribution in [2.75, 3.05) is 33.7 Å². The molecule has 7 atom stereocenters. The van der Waals surface area contributed by atoms with Gasteiger partial charge in [0.25, 0.3) is 17.7 Å². The van der Waals surface area contributed by atoms with Crippen LogP contribution < -0.4 is 10.6 Å². The molecule has 0 aliphatic carbocycles. The molecule has 368 valence electrons. The Kier molecular flexibility index (Phi) is 20.6. The number of likely N-dealkylation sites (tertiary alicyclic amines) is 1. The summed E-state index contributed by atoms with van der Waals surface area (Å²) in [6.07, 6.45) is 6.65. The number of carboxylic acid groups (broad SMARTS) is 1. The molecule has 0 spiro atoms. The Morgan fingerprint density at radius 3 is 2.21 bits per heavy atom. The van der Waals surface area contributed by atoms with Crippen molar-refractivity contribution in [1.29, 1.82) is 0 Å². The quantitative estimate of drug-likeness (QED) is 0.0629. The maximum atomic E-state index is 14.2. The number of nitrogens with zero attached hydrogens (tertiary/aromatic N) is 4. The summed E-state index contributed by atoms with van der Waals surface area (Å²) in [7, 11) is 3.69. The van der Waals surface area contributed by atoms with Crippen molar-refractivity contribution >= 4 is 58.4 Å². The van der Waals surface area contributed by atoms with Gasteiger partial charge in [-0.25, -0.2) is 4.98 Å². The molecule has 4 N–H and O–H groups in total. The molecule has 0 bridgehead atoms. The van der Waals surface area contributed by atoms with Crippen LogP contribution >= 0.6 is 11.3 Å². The molecule has 1 aromatic carbocycles. The first kappa shape index (κ1) is 54.5. The van der Waals surface area contributed by atoms with Gasteiger partial charge in [-0.2, -0.15) is 0 Å². The van der Waals surface area contributed by atoms with E-state index < -0.39 is 41.4 Å². The lowest BCUT2D eigenvalue weighted by molar-refractivity contribution is -0.143. The smallest absolute Gasteiger partial charge is 0.306 e. The molecule has 2 aromatic rings. The average molecular weight is 949 g/mol. The van der Waals surface area contributed by atoms with Gasteiger partial charge >= 0.3 is 5.97 Å². The van der Waals surface area contributed by atoms with Crippen LogP contribution in [-0.4, -0.2) is 128 Å². The molecule has 17 heteroatoms. The zero-order chi connectivity index (χ0) is 49.6. The average Bonchev–Trinajstić information content (AvgIpc) is 4.01. The second-order valence-corrected chi connectivity index (χ2v) is 20.0. The summed E-state index contributed by atoms with van der Waals surface area (Å²) in [6.45, 7) is 12.5. The van der Waals surface area contributed by atoms with E-state index in [0.29, 0.717) is 37.2 Å². The molecule has 1 saturated heterocycles. The van der Waals surface area contributed by atoms with E-state index in [0.717, 1.165) is 53.2 Å². The van der Waals surface area contributed by atoms with Gasteiger partial charge < -0.3 is 25.7 Å². The van der Waals surface area contributed by atoms with Gasteiger partial charge in [0.1, 0.15) is 16.8 Å². The van der Waals surface area contributed by atoms with E-state index in [-0.39, 0.29) is 97.4 Å². The van der Waals surface area contributed by atoms with Crippen LogP contribution in [0.2, 0.25) is 0 Å². The van der Waals surface area contributed by atoms with E-state index in [9.17, 15) is 48.6 Å². The number of unbranched alkanes of at least 4 members (excludes halogenated alkanes) is 2. The van der Waals surface area contributed by atoms with E-state index in [1.54, 1.807) is 36.4 Å². The lowest BCUT2D eigenvalue weighted by Crippen LogP contribution is -2.50. The highest BCUT2D eigenvalue weighted by Gasteiger charge is 2.43. The lowest BCUT2D eigenvalue weighted by Gasteiger charge is -2.37. The van der Waals surface area contributed by atoms with Crippen molar-refractivity contribution in [1.82, 2.24) is 30.3 Å². The number of aliphatic hydroxyl groups excluding tert-OH is 1. The number of thiazole rings is 1. The van der Waals surface area contributed by atoms with E-state index >= 15 is 0 Å². The third-order valence-electron chi connectivity index (χ3n) is 13.7. The number of imide groups is 1. The number of hydrogen-bond acceptors (Lipinski definition) is 12. The largest absolute Gasteiger partial charge is 0.481 e. The minimum absolute atomic E-state index is 0.0273. The molecule has 67 heavy (non-hydrogen) atoms. The van der Waals surface area contributed by atoms with Crippen molar-refractivity contribution in [3.05, 3.63) is 63.6 Å². The molecule has 16 nitrogen and oxygen atoms in total. The van der Waals surface area contributed by atoms with Gasteiger partial charge in [-0.15, -0.1) is 11.3 Å². The first-order chi connectivity index (χ1) is 31.6. The van der Waals surface area contributed by atoms with Crippen molar-refractivity contribution < 1.29 is 48.6 Å². The number of carboxylic acids is 1. The monoisotopic (exact) mass is 949 g/mol. The number of carbonyl (C=O) groups is 8. The Bertz CT molecular complexity index is 2090. The summed E-state index contributed by atoms with van der Waals surface area (Å²) in [6, 6.07) is 6.21. The third kappa shape index (κ3) is 15.4. The minimum Gasteiger partial charge on any atom is -0.481 e. The Labute approximate surface area is 399 Å². The van der Waals surface area contributed by atoms with Crippen LogP contribution in [0.15, 0.2) is 41.8 Å². The number of ketones is 2. The molecule has 4 rings (SSSR count). The fraction of sp³-hybridized carbons (Fsp3) is 0.620. The van der Waals surface area contributed by atoms with Crippen LogP contribution in [0.3, 0.4) is 0 Å². The van der Waals surface area contributed by atoms with E-state index in [2.05, 4.69) is 20.5 Å². The predicted molar refractivity (Wildman–Crippen MR) is 255 cm³/mol. The fourth-order valence-corrected chi connectivity index (χ4v) is 9.68. The van der Waals surface area contributed by atoms with Gasteiger partial charge in [-0.3, -0.25) is 48.2 Å². The molecule has 0 saturated carbocycles. The second kappa shape index (κ2) is 25.3. The highest BCUT2D eigenvalue weighted by Crippen LogP contribution is 2.34. The summed E-state index contributed by atoms with van der Waals surface area (Å²) in [5.41, 5.74) is 1.01. The summed E-state index contributed by atoms with van der Waals surface area (Å²) in [4.78, 5) is 111. The topological polar surface area (TPSA) is 224 Å². The first-order valence-electron chi connectivity index (χ1n) is 23.7. The molecule has 3 heterocycles. The number of amides is 5. The Balaban J connectivity index is 1.31. The van der Waals surface area contributed by atoms with Crippen LogP contribution in [-0.2, 0) is 46.4 Å². The zero-order valence-electron chi connectivity index (χ0n) is 40.5. The molecular formula is C50H72N6O10S. The van der Waals surface area contributed by atoms with Gasteiger partial charge in [0.05, 0.1) is 18.0 Å². The summed E-state index contributed by atoms with van der Waals surface area (Å²) >= 11 is 1.13. The molecule has 2 aliphatic heterocycles. The fourth-order valence-electron chi connectivity index (χ4n) is 8.88. The number of likely N-dealkylation sites (N-methyl/N-ethyl adjacent to an activating group) is 1. The van der Waals surface area contributed by atoms with Gasteiger partial charge in [-0.1, -0.05) is 71.7 Å². The minimum atomic E-state index is -1.09. The number of carbonyl (C=O) groups excluding carboxylic acids is 7. The standard InChI is InChI=1S/C50H72N6O10S/c1-9-32(4)38(27-42(59)50(6)21-13-22-54(50)7)48(64)55(8)40(31(2)3)28-41(58)47-53-39(30-67-47)46(63)52-36(24-33(5)49(65)66)25-34-15-17-35(18-16-34)26-37(57)29-51-43(60)14-11-10-12-23-56-44(61)19-20-45(56)62/h15-20,30-33,36,38,40-41,58H,9-14,21-29H2,1-8H3,(H,51,60)(H,52,63)(H,65,66)/t32-,33-,36+,38-,40+,41+,50+/m0/s1. The van der Waals surface area contributed by atoms with Gasteiger partial charge in [0.15, 0.2) is 11.6 Å². The molecular weight excluding hydrogens is 877 g/mol. The van der Waals surface area contributed by atoms with Crippen LogP contribution in [0.5, 0.6) is 0 Å². The number of aliphatic carboxylic acids is 1. The number of aliphatic hydroxyl groups is 1. The number of aromatic nitrogens is 1. The molecule has 0 unspecified atom stereocenters. The van der Waals surface area contributed by atoms with Crippen LogP contribution in [0.25, 0.3) is 0 Å². The first-order valence-corrected chi connectivity index (χ1v) is 24.6.